The zero-order valence-corrected chi connectivity index (χ0v) is 19.4. The first-order chi connectivity index (χ1) is 17.2. The van der Waals surface area contributed by atoms with Gasteiger partial charge in [0, 0.05) is 48.8 Å². The minimum atomic E-state index is -4.54. The fourth-order valence-corrected chi connectivity index (χ4v) is 6.28. The van der Waals surface area contributed by atoms with E-state index in [1.807, 2.05) is 24.3 Å². The van der Waals surface area contributed by atoms with Gasteiger partial charge >= 0.3 is 12.3 Å². The summed E-state index contributed by atoms with van der Waals surface area (Å²) in [5.41, 5.74) is 2.32. The molecule has 3 aliphatic rings. The van der Waals surface area contributed by atoms with Crippen molar-refractivity contribution >= 4 is 6.09 Å². The van der Waals surface area contributed by atoms with Gasteiger partial charge in [0.05, 0.1) is 11.2 Å². The minimum Gasteiger partial charge on any atom is -0.448 e. The van der Waals surface area contributed by atoms with Gasteiger partial charge in [0.25, 0.3) is 0 Å². The lowest BCUT2D eigenvalue weighted by Gasteiger charge is -2.43. The van der Waals surface area contributed by atoms with E-state index in [1.165, 1.54) is 6.20 Å². The predicted octanol–water partition coefficient (Wildman–Crippen LogP) is 5.86. The number of hydrogen-bond donors (Lipinski definition) is 1. The molecule has 2 aromatic carbocycles. The van der Waals surface area contributed by atoms with Crippen molar-refractivity contribution in [2.24, 2.45) is 0 Å². The van der Waals surface area contributed by atoms with Crippen LogP contribution >= 0.6 is 0 Å². The summed E-state index contributed by atoms with van der Waals surface area (Å²) in [4.78, 5) is 18.6. The molecule has 8 heteroatoms. The van der Waals surface area contributed by atoms with Gasteiger partial charge in [-0.15, -0.1) is 0 Å². The molecule has 186 valence electrons. The summed E-state index contributed by atoms with van der Waals surface area (Å²) in [5, 5.41) is 11.3. The Morgan fingerprint density at radius 3 is 2.17 bits per heavy atom. The monoisotopic (exact) mass is 494 g/mol. The summed E-state index contributed by atoms with van der Waals surface area (Å²) in [5.74, 6) is -0.0584. The molecule has 3 heterocycles. The Kier molecular flexibility index (Phi) is 5.33. The van der Waals surface area contributed by atoms with Crippen LogP contribution < -0.4 is 0 Å². The van der Waals surface area contributed by atoms with E-state index < -0.39 is 23.4 Å². The van der Waals surface area contributed by atoms with Crippen molar-refractivity contribution in [2.75, 3.05) is 6.61 Å². The lowest BCUT2D eigenvalue weighted by molar-refractivity contribution is -0.138. The third-order valence-electron chi connectivity index (χ3n) is 7.92. The van der Waals surface area contributed by atoms with Crippen molar-refractivity contribution in [1.29, 1.82) is 0 Å². The predicted molar refractivity (Wildman–Crippen MR) is 126 cm³/mol. The molecule has 1 aromatic heterocycles. The third kappa shape index (κ3) is 3.75. The van der Waals surface area contributed by atoms with Crippen LogP contribution in [0.1, 0.15) is 53.9 Å². The fraction of sp³-hybridized carbons (Fsp3) is 0.357. The van der Waals surface area contributed by atoms with E-state index >= 15 is 0 Å². The maximum atomic E-state index is 13.2. The zero-order chi connectivity index (χ0) is 25.1. The van der Waals surface area contributed by atoms with E-state index in [1.54, 1.807) is 4.90 Å². The molecule has 2 aliphatic heterocycles. The number of rotatable bonds is 3. The lowest BCUT2D eigenvalue weighted by atomic mass is 9.81. The summed E-state index contributed by atoms with van der Waals surface area (Å²) in [6.07, 6.45) is -1.29. The molecule has 6 rings (SSSR count). The first-order valence-electron chi connectivity index (χ1n) is 12.1. The number of fused-ring (bicyclic) bond motifs is 5. The Morgan fingerprint density at radius 1 is 1.00 bits per heavy atom. The average Bonchev–Trinajstić information content (AvgIpc) is 3.34. The van der Waals surface area contributed by atoms with Crippen LogP contribution in [0.25, 0.3) is 11.1 Å². The molecular weight excluding hydrogens is 469 g/mol. The minimum absolute atomic E-state index is 0.0584. The maximum absolute atomic E-state index is 13.2. The summed E-state index contributed by atoms with van der Waals surface area (Å²) in [7, 11) is 0. The van der Waals surface area contributed by atoms with Crippen LogP contribution in [0.2, 0.25) is 0 Å². The van der Waals surface area contributed by atoms with Gasteiger partial charge in [0.1, 0.15) is 6.61 Å². The van der Waals surface area contributed by atoms with E-state index in [2.05, 4.69) is 29.2 Å². The highest BCUT2D eigenvalue weighted by molar-refractivity contribution is 5.79. The number of carbonyl (C=O) groups excluding carboxylic acids is 1. The highest BCUT2D eigenvalue weighted by Crippen LogP contribution is 2.48. The van der Waals surface area contributed by atoms with Gasteiger partial charge in [-0.3, -0.25) is 4.98 Å². The number of amides is 1. The zero-order valence-electron chi connectivity index (χ0n) is 19.4. The molecule has 1 N–H and O–H groups in total. The molecule has 0 saturated carbocycles. The second kappa shape index (κ2) is 8.34. The highest BCUT2D eigenvalue weighted by atomic mass is 19.4. The molecule has 1 amide bonds. The van der Waals surface area contributed by atoms with Gasteiger partial charge in [-0.05, 0) is 41.2 Å². The van der Waals surface area contributed by atoms with Crippen LogP contribution in [0.4, 0.5) is 18.0 Å². The molecule has 5 nitrogen and oxygen atoms in total. The number of alkyl halides is 3. The Morgan fingerprint density at radius 2 is 1.58 bits per heavy atom. The summed E-state index contributed by atoms with van der Waals surface area (Å²) in [6, 6.07) is 16.6. The number of hydrogen-bond acceptors (Lipinski definition) is 4. The Bertz CT molecular complexity index is 1270. The molecule has 2 saturated heterocycles. The number of aromatic nitrogens is 1. The second-order valence-corrected chi connectivity index (χ2v) is 10.00. The number of piperidine rings is 1. The fourth-order valence-electron chi connectivity index (χ4n) is 6.28. The normalized spacial score (nSPS) is 24.9. The largest absolute Gasteiger partial charge is 0.448 e. The van der Waals surface area contributed by atoms with Crippen molar-refractivity contribution in [2.45, 2.75) is 55.5 Å². The second-order valence-electron chi connectivity index (χ2n) is 10.00. The third-order valence-corrected chi connectivity index (χ3v) is 7.92. The number of nitrogens with zero attached hydrogens (tertiary/aromatic N) is 2. The highest BCUT2D eigenvalue weighted by Gasteiger charge is 2.51. The molecule has 36 heavy (non-hydrogen) atoms. The van der Waals surface area contributed by atoms with Crippen LogP contribution in [-0.2, 0) is 16.5 Å². The molecule has 2 bridgehead atoms. The van der Waals surface area contributed by atoms with Crippen LogP contribution in [0.5, 0.6) is 0 Å². The average molecular weight is 495 g/mol. The Labute approximate surface area is 206 Å². The molecule has 2 atom stereocenters. The molecule has 2 unspecified atom stereocenters. The van der Waals surface area contributed by atoms with Crippen molar-refractivity contribution in [3.05, 3.63) is 89.2 Å². The summed E-state index contributed by atoms with van der Waals surface area (Å²) in [6.45, 7) is 0.199. The molecule has 2 fully saturated rings. The first-order valence-corrected chi connectivity index (χ1v) is 12.1. The van der Waals surface area contributed by atoms with Gasteiger partial charge in [-0.25, -0.2) is 4.79 Å². The van der Waals surface area contributed by atoms with E-state index in [0.717, 1.165) is 34.5 Å². The summed E-state index contributed by atoms with van der Waals surface area (Å²) < 4.78 is 45.4. The van der Waals surface area contributed by atoms with Gasteiger partial charge in [0.2, 0.25) is 0 Å². The smallest absolute Gasteiger partial charge is 0.417 e. The molecular formula is C28H25F3N2O3. The molecule has 3 aromatic rings. The number of halogens is 3. The van der Waals surface area contributed by atoms with E-state index in [0.29, 0.717) is 12.8 Å². The SMILES string of the molecule is O=C(OCC1c2ccccc2-c2ccccc21)N1C2CCC1CC(O)(c1cncc(C(F)(F)F)c1)C2. The van der Waals surface area contributed by atoms with Gasteiger partial charge < -0.3 is 14.7 Å². The number of ether oxygens (including phenoxy) is 1. The van der Waals surface area contributed by atoms with Crippen molar-refractivity contribution in [3.8, 4) is 11.1 Å². The summed E-state index contributed by atoms with van der Waals surface area (Å²) >= 11 is 0. The molecule has 0 radical (unpaired) electrons. The molecule has 1 aliphatic carbocycles. The number of aliphatic hydroxyl groups is 1. The number of pyridine rings is 1. The topological polar surface area (TPSA) is 62.7 Å². The van der Waals surface area contributed by atoms with Crippen molar-refractivity contribution in [1.82, 2.24) is 9.88 Å². The maximum Gasteiger partial charge on any atom is 0.417 e. The van der Waals surface area contributed by atoms with Gasteiger partial charge in [0.15, 0.2) is 0 Å². The van der Waals surface area contributed by atoms with Gasteiger partial charge in [-0.1, -0.05) is 48.5 Å². The van der Waals surface area contributed by atoms with E-state index in [4.69, 9.17) is 4.74 Å². The van der Waals surface area contributed by atoms with E-state index in [-0.39, 0.29) is 43.0 Å². The molecule has 0 spiro atoms. The van der Waals surface area contributed by atoms with Gasteiger partial charge in [-0.2, -0.15) is 13.2 Å². The number of carbonyl (C=O) groups is 1. The Hall–Kier alpha value is -3.39. The van der Waals surface area contributed by atoms with Crippen LogP contribution in [0.15, 0.2) is 67.0 Å². The van der Waals surface area contributed by atoms with Crippen molar-refractivity contribution in [3.63, 3.8) is 0 Å². The first kappa shape index (κ1) is 23.0. The van der Waals surface area contributed by atoms with Crippen molar-refractivity contribution < 1.29 is 27.8 Å². The van der Waals surface area contributed by atoms with Crippen LogP contribution in [-0.4, -0.2) is 39.8 Å². The van der Waals surface area contributed by atoms with Crippen LogP contribution in [0.3, 0.4) is 0 Å². The standard InChI is InChI=1S/C28H25F3N2O3/c29-28(30,31)18-11-17(14-32-15-18)27(35)12-19-9-10-20(13-27)33(19)26(34)36-16-25-23-7-3-1-5-21(23)22-6-2-4-8-24(22)25/h1-8,11,14-15,19-20,25,35H,9-10,12-13,16H2. The quantitative estimate of drug-likeness (QED) is 0.495. The lowest BCUT2D eigenvalue weighted by Crippen LogP contribution is -2.52. The number of benzene rings is 2. The Balaban J connectivity index is 1.18. The van der Waals surface area contributed by atoms with E-state index in [9.17, 15) is 23.1 Å². The van der Waals surface area contributed by atoms with Crippen LogP contribution in [0, 0.1) is 0 Å².